The second-order valence-electron chi connectivity index (χ2n) is 9.87. The number of rotatable bonds is 7. The summed E-state index contributed by atoms with van der Waals surface area (Å²) in [6.45, 7) is -0.0991. The van der Waals surface area contributed by atoms with Crippen molar-refractivity contribution in [2.24, 2.45) is 7.05 Å². The van der Waals surface area contributed by atoms with E-state index in [9.17, 15) is 14.7 Å². The minimum absolute atomic E-state index is 0.0991. The summed E-state index contributed by atoms with van der Waals surface area (Å²) < 4.78 is 42.8. The number of methoxy groups -OCH3 is 1. The Balaban J connectivity index is 1.43. The Morgan fingerprint density at radius 2 is 1.97 bits per heavy atom. The van der Waals surface area contributed by atoms with Crippen LogP contribution < -0.4 is 15.2 Å². The van der Waals surface area contributed by atoms with E-state index in [2.05, 4.69) is 10.2 Å². The monoisotopic (exact) mass is 541 g/mol. The number of piperidine rings is 1. The molecule has 2 aromatic heterocycles. The number of hydrogen-bond acceptors (Lipinski definition) is 7. The van der Waals surface area contributed by atoms with E-state index in [1.807, 2.05) is 0 Å². The molecule has 2 bridgehead atoms. The average Bonchev–Trinajstić information content (AvgIpc) is 3.28. The number of hydrogen-bond donors (Lipinski definition) is 1. The minimum Gasteiger partial charge on any atom is -0.467 e. The molecule has 4 heterocycles. The number of halogens is 2. The lowest BCUT2D eigenvalue weighted by atomic mass is 9.94. The van der Waals surface area contributed by atoms with E-state index in [0.717, 1.165) is 0 Å². The van der Waals surface area contributed by atoms with Crippen molar-refractivity contribution in [1.29, 1.82) is 0 Å². The van der Waals surface area contributed by atoms with Gasteiger partial charge in [0.2, 0.25) is 0 Å². The molecule has 4 atom stereocenters. The van der Waals surface area contributed by atoms with Crippen molar-refractivity contribution in [2.45, 2.75) is 43.6 Å². The van der Waals surface area contributed by atoms with Crippen LogP contribution >= 0.6 is 0 Å². The molecule has 2 fully saturated rings. The van der Waals surface area contributed by atoms with Crippen molar-refractivity contribution in [3.63, 3.8) is 0 Å². The third-order valence-corrected chi connectivity index (χ3v) is 7.62. The molecule has 1 aromatic carbocycles. The molecule has 2 saturated heterocycles. The molecule has 0 spiro atoms. The summed E-state index contributed by atoms with van der Waals surface area (Å²) in [5.41, 5.74) is 0.956. The Hall–Kier alpha value is -4.06. The van der Waals surface area contributed by atoms with Gasteiger partial charge in [-0.2, -0.15) is 0 Å². The van der Waals surface area contributed by atoms with Crippen LogP contribution in [0.15, 0.2) is 47.4 Å². The fraction of sp³-hybridized carbons (Fsp3) is 0.407. The zero-order valence-electron chi connectivity index (χ0n) is 21.8. The lowest BCUT2D eigenvalue weighted by Gasteiger charge is -2.43. The number of carbonyl (C=O) groups is 1. The average molecular weight is 542 g/mol. The third-order valence-electron chi connectivity index (χ3n) is 7.62. The molecule has 3 aromatic rings. The van der Waals surface area contributed by atoms with Crippen LogP contribution in [-0.2, 0) is 11.8 Å². The van der Waals surface area contributed by atoms with Gasteiger partial charge in [0.05, 0.1) is 17.8 Å². The first-order valence-corrected chi connectivity index (χ1v) is 12.5. The van der Waals surface area contributed by atoms with Gasteiger partial charge in [-0.1, -0.05) is 0 Å². The smallest absolute Gasteiger partial charge is 0.407 e. The lowest BCUT2D eigenvalue weighted by molar-refractivity contribution is 0.0489. The van der Waals surface area contributed by atoms with Crippen LogP contribution in [0.5, 0.6) is 5.75 Å². The highest BCUT2D eigenvalue weighted by atomic mass is 19.1. The molecular formula is C27H29F2N5O5. The zero-order valence-corrected chi connectivity index (χ0v) is 21.8. The number of aromatic nitrogens is 3. The van der Waals surface area contributed by atoms with Gasteiger partial charge in [0, 0.05) is 50.6 Å². The fourth-order valence-electron chi connectivity index (χ4n) is 5.55. The standard InChI is InChI=1S/C27H29F2N5O5/c1-32-9-8-15(10-25(32)35)17-13-23(39-14-38-3)18(12-19(17)28)20-5-7-24(31-30-20)33(2)22-11-16-4-6-21(26(22)29)34(16)27(36)37/h5,7-10,12-13,16,21-22,26H,4,6,11,14H2,1-3H3,(H,36,37)/t16-,21+,22-,26+/m1/s1. The van der Waals surface area contributed by atoms with Crippen molar-refractivity contribution >= 4 is 11.9 Å². The van der Waals surface area contributed by atoms with Gasteiger partial charge >= 0.3 is 6.09 Å². The maximum Gasteiger partial charge on any atom is 0.407 e. The maximum atomic E-state index is 15.4. The van der Waals surface area contributed by atoms with Gasteiger partial charge < -0.3 is 24.0 Å². The molecule has 2 aliphatic heterocycles. The minimum atomic E-state index is -1.36. The molecular weight excluding hydrogens is 512 g/mol. The van der Waals surface area contributed by atoms with Crippen molar-refractivity contribution in [1.82, 2.24) is 19.7 Å². The van der Waals surface area contributed by atoms with Crippen LogP contribution in [0, 0.1) is 5.82 Å². The molecule has 0 unspecified atom stereocenters. The quantitative estimate of drug-likeness (QED) is 0.451. The fourth-order valence-corrected chi connectivity index (χ4v) is 5.55. The van der Waals surface area contributed by atoms with Crippen molar-refractivity contribution < 1.29 is 28.2 Å². The zero-order chi connectivity index (χ0) is 27.8. The van der Waals surface area contributed by atoms with Crippen LogP contribution in [0.25, 0.3) is 22.4 Å². The van der Waals surface area contributed by atoms with Gasteiger partial charge in [0.25, 0.3) is 5.56 Å². The van der Waals surface area contributed by atoms with Gasteiger partial charge in [-0.15, -0.1) is 10.2 Å². The van der Waals surface area contributed by atoms with Gasteiger partial charge in [0.15, 0.2) is 12.6 Å². The number of anilines is 1. The number of nitrogens with zero attached hydrogens (tertiary/aromatic N) is 5. The van der Waals surface area contributed by atoms with E-state index in [1.54, 1.807) is 43.4 Å². The van der Waals surface area contributed by atoms with Crippen LogP contribution in [0.2, 0.25) is 0 Å². The molecule has 39 heavy (non-hydrogen) atoms. The molecule has 1 amide bonds. The number of aryl methyl sites for hydroxylation is 1. The first-order chi connectivity index (χ1) is 18.7. The van der Waals surface area contributed by atoms with E-state index in [-0.39, 0.29) is 29.7 Å². The van der Waals surface area contributed by atoms with E-state index >= 15 is 8.78 Å². The van der Waals surface area contributed by atoms with E-state index < -0.39 is 30.2 Å². The molecule has 1 N–H and O–H groups in total. The number of pyridine rings is 1. The second-order valence-corrected chi connectivity index (χ2v) is 9.87. The van der Waals surface area contributed by atoms with Gasteiger partial charge in [-0.3, -0.25) is 9.69 Å². The Kier molecular flexibility index (Phi) is 7.21. The number of fused-ring (bicyclic) bond motifs is 2. The Bertz CT molecular complexity index is 1430. The van der Waals surface area contributed by atoms with Crippen LogP contribution in [-0.4, -0.2) is 76.1 Å². The number of alkyl halides is 1. The predicted molar refractivity (Wildman–Crippen MR) is 139 cm³/mol. The van der Waals surface area contributed by atoms with Crippen LogP contribution in [0.4, 0.5) is 19.4 Å². The number of carboxylic acid groups (broad SMARTS) is 1. The molecule has 0 aliphatic carbocycles. The van der Waals surface area contributed by atoms with Gasteiger partial charge in [-0.05, 0) is 55.2 Å². The lowest BCUT2D eigenvalue weighted by Crippen LogP contribution is -2.58. The molecule has 2 aliphatic rings. The van der Waals surface area contributed by atoms with Crippen molar-refractivity contribution in [2.75, 3.05) is 25.9 Å². The highest BCUT2D eigenvalue weighted by molar-refractivity contribution is 5.75. The summed E-state index contributed by atoms with van der Waals surface area (Å²) in [5.74, 6) is 0.115. The highest BCUT2D eigenvalue weighted by Gasteiger charge is 2.51. The molecule has 0 radical (unpaired) electrons. The second kappa shape index (κ2) is 10.6. The van der Waals surface area contributed by atoms with E-state index in [0.29, 0.717) is 41.9 Å². The van der Waals surface area contributed by atoms with Gasteiger partial charge in [0.1, 0.15) is 17.7 Å². The number of amides is 1. The van der Waals surface area contributed by atoms with Crippen LogP contribution in [0.3, 0.4) is 0 Å². The SMILES string of the molecule is COCOc1cc(-c2ccn(C)c(=O)c2)c(F)cc1-c1ccc(N(C)[C@@H]2C[C@H]3CC[C@@H]([C@@H]2F)N3C(=O)O)nn1. The van der Waals surface area contributed by atoms with Crippen molar-refractivity contribution in [3.05, 3.63) is 58.8 Å². The largest absolute Gasteiger partial charge is 0.467 e. The molecule has 0 saturated carbocycles. The first kappa shape index (κ1) is 26.5. The Labute approximate surface area is 223 Å². The number of ether oxygens (including phenoxy) is 2. The topological polar surface area (TPSA) is 110 Å². The molecule has 10 nitrogen and oxygen atoms in total. The predicted octanol–water partition coefficient (Wildman–Crippen LogP) is 3.69. The summed E-state index contributed by atoms with van der Waals surface area (Å²) in [7, 11) is 4.78. The Morgan fingerprint density at radius 1 is 1.18 bits per heavy atom. The third kappa shape index (κ3) is 4.91. The summed E-state index contributed by atoms with van der Waals surface area (Å²) >= 11 is 0. The molecule has 5 rings (SSSR count). The maximum absolute atomic E-state index is 15.4. The Morgan fingerprint density at radius 3 is 2.64 bits per heavy atom. The molecule has 206 valence electrons. The normalized spacial score (nSPS) is 22.1. The summed E-state index contributed by atoms with van der Waals surface area (Å²) in [6.07, 6.45) is 0.590. The highest BCUT2D eigenvalue weighted by Crippen LogP contribution is 2.40. The summed E-state index contributed by atoms with van der Waals surface area (Å²) in [5, 5.41) is 18.0. The summed E-state index contributed by atoms with van der Waals surface area (Å²) in [6, 6.07) is 7.57. The molecule has 12 heteroatoms. The van der Waals surface area contributed by atoms with Gasteiger partial charge in [-0.25, -0.2) is 13.6 Å². The van der Waals surface area contributed by atoms with E-state index in [1.165, 1.54) is 34.8 Å². The van der Waals surface area contributed by atoms with E-state index in [4.69, 9.17) is 9.47 Å². The summed E-state index contributed by atoms with van der Waals surface area (Å²) in [4.78, 5) is 26.6. The number of benzene rings is 1. The van der Waals surface area contributed by atoms with Crippen molar-refractivity contribution in [3.8, 4) is 28.1 Å². The first-order valence-electron chi connectivity index (χ1n) is 12.5. The van der Waals surface area contributed by atoms with Crippen LogP contribution in [0.1, 0.15) is 19.3 Å².